The van der Waals surface area contributed by atoms with E-state index in [1.54, 1.807) is 0 Å². The number of carbonyl (C=O) groups is 3. The van der Waals surface area contributed by atoms with Crippen molar-refractivity contribution >= 4 is 17.9 Å². The molecule has 7 nitrogen and oxygen atoms in total. The zero-order valence-electron chi connectivity index (χ0n) is 27.7. The molecule has 0 bridgehead atoms. The van der Waals surface area contributed by atoms with Crippen LogP contribution in [-0.2, 0) is 4.74 Å². The van der Waals surface area contributed by atoms with Crippen molar-refractivity contribution in [1.29, 1.82) is 0 Å². The summed E-state index contributed by atoms with van der Waals surface area (Å²) in [5.74, 6) is -4.26. The molecule has 0 saturated carbocycles. The molecular formula is C38H46F2O7. The first-order valence-corrected chi connectivity index (χ1v) is 16.7. The third-order valence-corrected chi connectivity index (χ3v) is 7.62. The molecule has 1 atom stereocenters. The lowest BCUT2D eigenvalue weighted by Crippen LogP contribution is -2.15. The molecule has 0 aliphatic heterocycles. The van der Waals surface area contributed by atoms with Gasteiger partial charge in [0.25, 0.3) is 0 Å². The number of hydrogen-bond acceptors (Lipinski definition) is 7. The minimum absolute atomic E-state index is 0.0268. The largest absolute Gasteiger partial charge is 0.491 e. The quantitative estimate of drug-likeness (QED) is 0.0682. The second-order valence-corrected chi connectivity index (χ2v) is 11.6. The average Bonchev–Trinajstić information content (AvgIpc) is 3.06. The van der Waals surface area contributed by atoms with Crippen LogP contribution in [0.3, 0.4) is 0 Å². The van der Waals surface area contributed by atoms with Crippen molar-refractivity contribution in [2.45, 2.75) is 104 Å². The van der Waals surface area contributed by atoms with E-state index in [4.69, 9.17) is 18.9 Å². The van der Waals surface area contributed by atoms with Gasteiger partial charge in [-0.2, -0.15) is 0 Å². The fourth-order valence-corrected chi connectivity index (χ4v) is 4.85. The number of carbonyl (C=O) groups excluding carboxylic acids is 3. The highest BCUT2D eigenvalue weighted by Crippen LogP contribution is 2.24. The highest BCUT2D eigenvalue weighted by atomic mass is 19.1. The first-order chi connectivity index (χ1) is 22.7. The van der Waals surface area contributed by atoms with Crippen LogP contribution in [0.4, 0.5) is 8.78 Å². The van der Waals surface area contributed by atoms with Gasteiger partial charge in [0.1, 0.15) is 5.75 Å². The number of halogens is 2. The second-order valence-electron chi connectivity index (χ2n) is 11.6. The van der Waals surface area contributed by atoms with Gasteiger partial charge in [-0.25, -0.2) is 23.2 Å². The number of benzene rings is 3. The van der Waals surface area contributed by atoms with E-state index in [1.165, 1.54) is 68.1 Å². The normalized spacial score (nSPS) is 11.5. The first kappa shape index (κ1) is 37.2. The van der Waals surface area contributed by atoms with Gasteiger partial charge in [-0.15, -0.1) is 0 Å². The van der Waals surface area contributed by atoms with Gasteiger partial charge in [0.15, 0.2) is 23.1 Å². The summed E-state index contributed by atoms with van der Waals surface area (Å²) in [5.41, 5.74) is 0.0616. The first-order valence-electron chi connectivity index (χ1n) is 16.7. The van der Waals surface area contributed by atoms with Crippen LogP contribution in [0.2, 0.25) is 0 Å². The lowest BCUT2D eigenvalue weighted by molar-refractivity contribution is 0.0319. The fraction of sp³-hybridized carbons (Fsp3) is 0.447. The molecule has 3 aromatic rings. The van der Waals surface area contributed by atoms with E-state index < -0.39 is 35.3 Å². The molecule has 0 unspecified atom stereocenters. The van der Waals surface area contributed by atoms with Gasteiger partial charge in [-0.1, -0.05) is 71.6 Å². The Hall–Kier alpha value is -4.27. The van der Waals surface area contributed by atoms with Crippen LogP contribution in [-0.4, -0.2) is 30.6 Å². The van der Waals surface area contributed by atoms with Crippen molar-refractivity contribution in [2.75, 3.05) is 6.61 Å². The lowest BCUT2D eigenvalue weighted by Gasteiger charge is -2.13. The standard InChI is InChI=1S/C38H46F2O7/c1-4-6-8-10-11-12-14-24-44-34-22-18-30(25-32(34)39)38(43)47-35-23-19-29(26-33(35)40)37(42)46-31-20-16-28(17-21-31)36(41)45-27(3)15-13-9-7-5-2/h16-23,25-27H,4-15,24H2,1-3H3/t27-/m1/s1. The summed E-state index contributed by atoms with van der Waals surface area (Å²) in [6.45, 7) is 6.54. The molecule has 0 aliphatic rings. The molecule has 0 aromatic heterocycles. The van der Waals surface area contributed by atoms with Crippen LogP contribution >= 0.6 is 0 Å². The molecule has 47 heavy (non-hydrogen) atoms. The minimum atomic E-state index is -0.982. The van der Waals surface area contributed by atoms with Crippen LogP contribution in [0.5, 0.6) is 17.2 Å². The predicted octanol–water partition coefficient (Wildman–Crippen LogP) is 10.0. The molecule has 0 spiro atoms. The highest BCUT2D eigenvalue weighted by molar-refractivity contribution is 5.93. The SMILES string of the molecule is CCCCCCCCCOc1ccc(C(=O)Oc2ccc(C(=O)Oc3ccc(C(=O)O[C@H](C)CCCCCC)cc3)cc2F)cc1F. The van der Waals surface area contributed by atoms with Crippen LogP contribution in [0.1, 0.15) is 129 Å². The number of unbranched alkanes of at least 4 members (excludes halogenated alkanes) is 9. The van der Waals surface area contributed by atoms with E-state index in [1.807, 2.05) is 6.92 Å². The zero-order chi connectivity index (χ0) is 34.0. The summed E-state index contributed by atoms with van der Waals surface area (Å²) in [4.78, 5) is 37.6. The summed E-state index contributed by atoms with van der Waals surface area (Å²) in [6.07, 6.45) is 12.7. The molecular weight excluding hydrogens is 606 g/mol. The smallest absolute Gasteiger partial charge is 0.343 e. The van der Waals surface area contributed by atoms with Crippen LogP contribution in [0.25, 0.3) is 0 Å². The molecule has 0 aliphatic carbocycles. The number of hydrogen-bond donors (Lipinski definition) is 0. The van der Waals surface area contributed by atoms with E-state index in [9.17, 15) is 23.2 Å². The summed E-state index contributed by atoms with van der Waals surface area (Å²) in [5, 5.41) is 0. The Morgan fingerprint density at radius 2 is 1.11 bits per heavy atom. The van der Waals surface area contributed by atoms with Gasteiger partial charge in [-0.3, -0.25) is 0 Å². The van der Waals surface area contributed by atoms with Crippen molar-refractivity contribution in [3.63, 3.8) is 0 Å². The molecule has 3 aromatic carbocycles. The second kappa shape index (κ2) is 20.1. The van der Waals surface area contributed by atoms with E-state index in [0.717, 1.165) is 69.6 Å². The van der Waals surface area contributed by atoms with E-state index in [2.05, 4.69) is 13.8 Å². The zero-order valence-corrected chi connectivity index (χ0v) is 27.7. The summed E-state index contributed by atoms with van der Waals surface area (Å²) in [6, 6.07) is 12.7. The van der Waals surface area contributed by atoms with Crippen LogP contribution in [0.15, 0.2) is 60.7 Å². The van der Waals surface area contributed by atoms with Gasteiger partial charge in [0.2, 0.25) is 0 Å². The molecule has 3 rings (SSSR count). The molecule has 9 heteroatoms. The molecule has 0 radical (unpaired) electrons. The molecule has 0 heterocycles. The Bertz CT molecular complexity index is 1440. The Labute approximate surface area is 276 Å². The van der Waals surface area contributed by atoms with Gasteiger partial charge in [-0.05, 0) is 86.8 Å². The van der Waals surface area contributed by atoms with E-state index in [-0.39, 0.29) is 28.7 Å². The van der Waals surface area contributed by atoms with Gasteiger partial charge < -0.3 is 18.9 Å². The monoisotopic (exact) mass is 652 g/mol. The molecule has 0 amide bonds. The highest BCUT2D eigenvalue weighted by Gasteiger charge is 2.18. The van der Waals surface area contributed by atoms with Crippen molar-refractivity contribution in [3.05, 3.63) is 89.0 Å². The number of ether oxygens (including phenoxy) is 4. The maximum Gasteiger partial charge on any atom is 0.343 e. The summed E-state index contributed by atoms with van der Waals surface area (Å²) >= 11 is 0. The Morgan fingerprint density at radius 3 is 1.70 bits per heavy atom. The molecule has 254 valence electrons. The Morgan fingerprint density at radius 1 is 0.596 bits per heavy atom. The molecule has 0 saturated heterocycles. The maximum atomic E-state index is 14.8. The third kappa shape index (κ3) is 12.8. The number of esters is 3. The van der Waals surface area contributed by atoms with E-state index >= 15 is 0 Å². The fourth-order valence-electron chi connectivity index (χ4n) is 4.85. The van der Waals surface area contributed by atoms with Gasteiger partial charge in [0.05, 0.1) is 29.4 Å². The molecule has 0 N–H and O–H groups in total. The maximum absolute atomic E-state index is 14.8. The topological polar surface area (TPSA) is 88.1 Å². The minimum Gasteiger partial charge on any atom is -0.491 e. The van der Waals surface area contributed by atoms with Crippen LogP contribution < -0.4 is 14.2 Å². The van der Waals surface area contributed by atoms with Crippen molar-refractivity contribution < 1.29 is 42.1 Å². The Balaban J connectivity index is 1.48. The van der Waals surface area contributed by atoms with Crippen molar-refractivity contribution in [2.24, 2.45) is 0 Å². The van der Waals surface area contributed by atoms with Crippen molar-refractivity contribution in [3.8, 4) is 17.2 Å². The molecule has 0 fully saturated rings. The average molecular weight is 653 g/mol. The van der Waals surface area contributed by atoms with Crippen molar-refractivity contribution in [1.82, 2.24) is 0 Å². The van der Waals surface area contributed by atoms with Gasteiger partial charge in [0, 0.05) is 0 Å². The van der Waals surface area contributed by atoms with Gasteiger partial charge >= 0.3 is 17.9 Å². The van der Waals surface area contributed by atoms with E-state index in [0.29, 0.717) is 12.2 Å². The lowest BCUT2D eigenvalue weighted by atomic mass is 10.1. The summed E-state index contributed by atoms with van der Waals surface area (Å²) in [7, 11) is 0. The summed E-state index contributed by atoms with van der Waals surface area (Å²) < 4.78 is 50.8. The Kier molecular flexibility index (Phi) is 15.9. The van der Waals surface area contributed by atoms with Crippen LogP contribution in [0, 0.1) is 11.6 Å². The predicted molar refractivity (Wildman–Crippen MR) is 176 cm³/mol. The number of rotatable bonds is 20. The third-order valence-electron chi connectivity index (χ3n) is 7.62.